The summed E-state index contributed by atoms with van der Waals surface area (Å²) in [6.45, 7) is 3.13. The van der Waals surface area contributed by atoms with Crippen molar-refractivity contribution in [2.24, 2.45) is 5.84 Å². The minimum Gasteiger partial charge on any atom is -0.375 e. The molecular weight excluding hydrogens is 220 g/mol. The largest absolute Gasteiger partial charge is 0.375 e. The van der Waals surface area contributed by atoms with E-state index < -0.39 is 0 Å². The van der Waals surface area contributed by atoms with E-state index in [-0.39, 0.29) is 0 Å². The van der Waals surface area contributed by atoms with Crippen molar-refractivity contribution in [1.82, 2.24) is 5.43 Å². The Balaban J connectivity index is 2.10. The second-order valence-electron chi connectivity index (χ2n) is 4.46. The van der Waals surface area contributed by atoms with Crippen molar-refractivity contribution >= 4 is 11.8 Å². The SMILES string of the molecule is CCCCCCCC(NN)C1CSCCO1. The summed E-state index contributed by atoms with van der Waals surface area (Å²) in [6.07, 6.45) is 8.07. The number of hydrogen-bond donors (Lipinski definition) is 2. The summed E-state index contributed by atoms with van der Waals surface area (Å²) in [5, 5.41) is 0. The third-order valence-electron chi connectivity index (χ3n) is 3.12. The second-order valence-corrected chi connectivity index (χ2v) is 5.61. The summed E-state index contributed by atoms with van der Waals surface area (Å²) in [6, 6.07) is 0.342. The van der Waals surface area contributed by atoms with Crippen molar-refractivity contribution in [2.75, 3.05) is 18.1 Å². The maximum atomic E-state index is 5.75. The number of hydrogen-bond acceptors (Lipinski definition) is 4. The molecule has 0 spiro atoms. The van der Waals surface area contributed by atoms with E-state index in [2.05, 4.69) is 12.3 Å². The van der Waals surface area contributed by atoms with Crippen LogP contribution in [0, 0.1) is 0 Å². The van der Waals surface area contributed by atoms with E-state index in [1.807, 2.05) is 11.8 Å². The number of ether oxygens (including phenoxy) is 1. The number of thioether (sulfide) groups is 1. The minimum absolute atomic E-state index is 0.315. The van der Waals surface area contributed by atoms with Crippen LogP contribution in [0.25, 0.3) is 0 Å². The molecular formula is C12H26N2OS. The van der Waals surface area contributed by atoms with Gasteiger partial charge in [-0.2, -0.15) is 11.8 Å². The first-order chi connectivity index (χ1) is 7.88. The van der Waals surface area contributed by atoms with Crippen molar-refractivity contribution in [3.8, 4) is 0 Å². The van der Waals surface area contributed by atoms with Crippen LogP contribution in [0.4, 0.5) is 0 Å². The topological polar surface area (TPSA) is 47.3 Å². The fourth-order valence-corrected chi connectivity index (χ4v) is 3.02. The maximum absolute atomic E-state index is 5.75. The molecule has 1 saturated heterocycles. The molecule has 1 fully saturated rings. The van der Waals surface area contributed by atoms with Crippen LogP contribution in [0.3, 0.4) is 0 Å². The van der Waals surface area contributed by atoms with Crippen LogP contribution in [0.15, 0.2) is 0 Å². The van der Waals surface area contributed by atoms with Gasteiger partial charge in [-0.15, -0.1) is 0 Å². The van der Waals surface area contributed by atoms with E-state index in [0.717, 1.165) is 24.5 Å². The normalized spacial score (nSPS) is 23.2. The molecule has 0 aromatic carbocycles. The van der Waals surface area contributed by atoms with Gasteiger partial charge in [0.1, 0.15) is 0 Å². The van der Waals surface area contributed by atoms with Crippen LogP contribution >= 0.6 is 11.8 Å². The number of hydrazine groups is 1. The summed E-state index contributed by atoms with van der Waals surface area (Å²) in [5.74, 6) is 7.82. The van der Waals surface area contributed by atoms with Crippen LogP contribution < -0.4 is 11.3 Å². The van der Waals surface area contributed by atoms with E-state index in [1.54, 1.807) is 0 Å². The molecule has 0 radical (unpaired) electrons. The Kier molecular flexibility index (Phi) is 8.29. The molecule has 0 bridgehead atoms. The van der Waals surface area contributed by atoms with Gasteiger partial charge in [0.05, 0.1) is 12.7 Å². The smallest absolute Gasteiger partial charge is 0.0832 e. The molecule has 1 aliphatic heterocycles. The highest BCUT2D eigenvalue weighted by Gasteiger charge is 2.23. The molecule has 0 amide bonds. The summed E-state index contributed by atoms with van der Waals surface area (Å²) >= 11 is 1.97. The zero-order valence-electron chi connectivity index (χ0n) is 10.4. The Morgan fingerprint density at radius 3 is 2.81 bits per heavy atom. The van der Waals surface area contributed by atoms with E-state index in [9.17, 15) is 0 Å². The summed E-state index contributed by atoms with van der Waals surface area (Å²) in [7, 11) is 0. The van der Waals surface area contributed by atoms with Gasteiger partial charge in [0.2, 0.25) is 0 Å². The molecule has 96 valence electrons. The van der Waals surface area contributed by atoms with Gasteiger partial charge in [-0.1, -0.05) is 39.0 Å². The maximum Gasteiger partial charge on any atom is 0.0832 e. The van der Waals surface area contributed by atoms with Crippen molar-refractivity contribution in [1.29, 1.82) is 0 Å². The Hall–Kier alpha value is 0.230. The molecule has 1 rings (SSSR count). The van der Waals surface area contributed by atoms with Crippen molar-refractivity contribution in [3.05, 3.63) is 0 Å². The molecule has 2 unspecified atom stereocenters. The van der Waals surface area contributed by atoms with Gasteiger partial charge in [-0.3, -0.25) is 11.3 Å². The average Bonchev–Trinajstić information content (AvgIpc) is 2.35. The quantitative estimate of drug-likeness (QED) is 0.392. The van der Waals surface area contributed by atoms with Crippen LogP contribution in [0.5, 0.6) is 0 Å². The lowest BCUT2D eigenvalue weighted by atomic mass is 10.0. The monoisotopic (exact) mass is 246 g/mol. The Morgan fingerprint density at radius 1 is 1.38 bits per heavy atom. The van der Waals surface area contributed by atoms with Gasteiger partial charge in [-0.25, -0.2) is 0 Å². The predicted molar refractivity (Wildman–Crippen MR) is 71.6 cm³/mol. The Morgan fingerprint density at radius 2 is 2.19 bits per heavy atom. The molecule has 0 aliphatic carbocycles. The van der Waals surface area contributed by atoms with Gasteiger partial charge in [0.25, 0.3) is 0 Å². The standard InChI is InChI=1S/C12H26N2OS/c1-2-3-4-5-6-7-11(14-13)12-10-16-9-8-15-12/h11-12,14H,2-10,13H2,1H3. The highest BCUT2D eigenvalue weighted by Crippen LogP contribution is 2.18. The first-order valence-corrected chi connectivity index (χ1v) is 7.69. The molecule has 4 heteroatoms. The molecule has 1 aliphatic rings. The van der Waals surface area contributed by atoms with Crippen LogP contribution in [0.1, 0.15) is 45.4 Å². The van der Waals surface area contributed by atoms with Gasteiger partial charge < -0.3 is 4.74 Å². The molecule has 0 aromatic heterocycles. The molecule has 2 atom stereocenters. The first kappa shape index (κ1) is 14.3. The second kappa shape index (κ2) is 9.28. The molecule has 1 heterocycles. The lowest BCUT2D eigenvalue weighted by Crippen LogP contribution is -2.47. The Labute approximate surface area is 104 Å². The van der Waals surface area contributed by atoms with Crippen molar-refractivity contribution in [3.63, 3.8) is 0 Å². The summed E-state index contributed by atoms with van der Waals surface area (Å²) in [5.41, 5.74) is 2.92. The fourth-order valence-electron chi connectivity index (χ4n) is 2.08. The Bertz CT molecular complexity index is 163. The fraction of sp³-hybridized carbons (Fsp3) is 1.00. The van der Waals surface area contributed by atoms with E-state index in [1.165, 1.54) is 32.1 Å². The third kappa shape index (κ3) is 5.53. The van der Waals surface area contributed by atoms with Crippen LogP contribution in [-0.2, 0) is 4.74 Å². The molecule has 3 N–H and O–H groups in total. The highest BCUT2D eigenvalue weighted by molar-refractivity contribution is 7.99. The van der Waals surface area contributed by atoms with Gasteiger partial charge in [-0.05, 0) is 6.42 Å². The molecule has 0 aromatic rings. The average molecular weight is 246 g/mol. The number of nitrogens with two attached hydrogens (primary N) is 1. The minimum atomic E-state index is 0.315. The van der Waals surface area contributed by atoms with Gasteiger partial charge in [0, 0.05) is 17.5 Å². The van der Waals surface area contributed by atoms with Crippen LogP contribution in [-0.4, -0.2) is 30.3 Å². The predicted octanol–water partition coefficient (Wildman–Crippen LogP) is 2.31. The van der Waals surface area contributed by atoms with Crippen molar-refractivity contribution < 1.29 is 4.74 Å². The van der Waals surface area contributed by atoms with Crippen molar-refractivity contribution in [2.45, 2.75) is 57.6 Å². The van der Waals surface area contributed by atoms with Gasteiger partial charge in [0.15, 0.2) is 0 Å². The van der Waals surface area contributed by atoms with Crippen LogP contribution in [0.2, 0.25) is 0 Å². The third-order valence-corrected chi connectivity index (χ3v) is 4.14. The lowest BCUT2D eigenvalue weighted by molar-refractivity contribution is 0.0441. The lowest BCUT2D eigenvalue weighted by Gasteiger charge is -2.29. The molecule has 0 saturated carbocycles. The molecule has 16 heavy (non-hydrogen) atoms. The van der Waals surface area contributed by atoms with Gasteiger partial charge >= 0.3 is 0 Å². The zero-order chi connectivity index (χ0) is 11.6. The highest BCUT2D eigenvalue weighted by atomic mass is 32.2. The summed E-state index contributed by atoms with van der Waals surface area (Å²) < 4.78 is 5.75. The number of unbranched alkanes of at least 4 members (excludes halogenated alkanes) is 4. The first-order valence-electron chi connectivity index (χ1n) is 6.54. The number of rotatable bonds is 8. The molecule has 3 nitrogen and oxygen atoms in total. The van der Waals surface area contributed by atoms with E-state index >= 15 is 0 Å². The summed E-state index contributed by atoms with van der Waals surface area (Å²) in [4.78, 5) is 0. The number of nitrogens with one attached hydrogen (secondary N) is 1. The zero-order valence-corrected chi connectivity index (χ0v) is 11.2. The van der Waals surface area contributed by atoms with E-state index in [4.69, 9.17) is 10.6 Å². The van der Waals surface area contributed by atoms with E-state index in [0.29, 0.717) is 12.1 Å².